The number of hydrogen-bond donors (Lipinski definition) is 1. The van der Waals surface area contributed by atoms with Gasteiger partial charge in [0.25, 0.3) is 0 Å². The Labute approximate surface area is 115 Å². The summed E-state index contributed by atoms with van der Waals surface area (Å²) in [6.07, 6.45) is 5.43. The predicted molar refractivity (Wildman–Crippen MR) is 74.3 cm³/mol. The van der Waals surface area contributed by atoms with Gasteiger partial charge in [-0.05, 0) is 41.4 Å². The van der Waals surface area contributed by atoms with E-state index in [9.17, 15) is 0 Å². The van der Waals surface area contributed by atoms with Crippen LogP contribution < -0.4 is 5.73 Å². The van der Waals surface area contributed by atoms with Crippen LogP contribution in [-0.2, 0) is 6.42 Å². The van der Waals surface area contributed by atoms with Gasteiger partial charge in [0.05, 0.1) is 12.0 Å². The number of halogens is 1. The Morgan fingerprint density at radius 3 is 2.89 bits per heavy atom. The maximum absolute atomic E-state index is 6.15. The van der Waals surface area contributed by atoms with Crippen molar-refractivity contribution < 1.29 is 4.42 Å². The van der Waals surface area contributed by atoms with Gasteiger partial charge in [-0.25, -0.2) is 0 Å². The lowest BCUT2D eigenvalue weighted by Gasteiger charge is -2.10. The van der Waals surface area contributed by atoms with Crippen LogP contribution in [0.25, 0.3) is 0 Å². The first-order chi connectivity index (χ1) is 8.61. The fourth-order valence-corrected chi connectivity index (χ4v) is 2.36. The van der Waals surface area contributed by atoms with Gasteiger partial charge < -0.3 is 10.2 Å². The first-order valence-electron chi connectivity index (χ1n) is 6.14. The van der Waals surface area contributed by atoms with Gasteiger partial charge in [0.1, 0.15) is 0 Å². The lowest BCUT2D eigenvalue weighted by Crippen LogP contribution is -2.14. The lowest BCUT2D eigenvalue weighted by atomic mass is 10.1. The highest BCUT2D eigenvalue weighted by Crippen LogP contribution is 2.25. The molecule has 0 aliphatic rings. The Balaban J connectivity index is 2.06. The van der Waals surface area contributed by atoms with Gasteiger partial charge in [-0.2, -0.15) is 5.10 Å². The third-order valence-corrected chi connectivity index (χ3v) is 3.83. The van der Waals surface area contributed by atoms with E-state index in [4.69, 9.17) is 10.2 Å². The number of nitrogens with two attached hydrogens (primary N) is 1. The van der Waals surface area contributed by atoms with Crippen LogP contribution in [0.1, 0.15) is 43.6 Å². The number of aromatic nitrogens is 2. The third kappa shape index (κ3) is 2.84. The van der Waals surface area contributed by atoms with Crippen LogP contribution in [0.2, 0.25) is 0 Å². The molecule has 2 heterocycles. The van der Waals surface area contributed by atoms with E-state index in [1.54, 1.807) is 6.26 Å². The molecule has 98 valence electrons. The Morgan fingerprint density at radius 1 is 1.50 bits per heavy atom. The van der Waals surface area contributed by atoms with Crippen molar-refractivity contribution in [2.24, 2.45) is 5.73 Å². The maximum atomic E-state index is 6.15. The van der Waals surface area contributed by atoms with Crippen LogP contribution in [0, 0.1) is 0 Å². The molecule has 0 amide bonds. The molecule has 0 saturated carbocycles. The molecule has 2 N–H and O–H groups in total. The molecule has 0 bridgehead atoms. The molecule has 0 aliphatic heterocycles. The van der Waals surface area contributed by atoms with Crippen molar-refractivity contribution in [3.63, 3.8) is 0 Å². The zero-order valence-corrected chi connectivity index (χ0v) is 12.2. The molecule has 0 aromatic carbocycles. The first kappa shape index (κ1) is 13.4. The van der Waals surface area contributed by atoms with Gasteiger partial charge in [0.2, 0.25) is 0 Å². The van der Waals surface area contributed by atoms with Crippen LogP contribution in [0.15, 0.2) is 33.7 Å². The van der Waals surface area contributed by atoms with E-state index in [2.05, 4.69) is 34.9 Å². The minimum Gasteiger partial charge on any atom is -0.457 e. The van der Waals surface area contributed by atoms with Crippen molar-refractivity contribution in [2.45, 2.75) is 38.8 Å². The molecule has 0 radical (unpaired) electrons. The van der Waals surface area contributed by atoms with Gasteiger partial charge >= 0.3 is 0 Å². The Hall–Kier alpha value is -1.07. The van der Waals surface area contributed by atoms with E-state index >= 15 is 0 Å². The molecule has 0 fully saturated rings. The SMILES string of the molecule is CCC(C)n1ccc(CC(N)c2ccoc2Br)n1. The summed E-state index contributed by atoms with van der Waals surface area (Å²) in [5.74, 6) is 0. The van der Waals surface area contributed by atoms with Crippen molar-refractivity contribution in [3.05, 3.63) is 40.5 Å². The smallest absolute Gasteiger partial charge is 0.173 e. The molecular formula is C13H18BrN3O. The second kappa shape index (κ2) is 5.71. The molecule has 2 unspecified atom stereocenters. The molecule has 5 heteroatoms. The number of hydrogen-bond acceptors (Lipinski definition) is 3. The van der Waals surface area contributed by atoms with E-state index in [1.807, 2.05) is 23.0 Å². The molecule has 0 aliphatic carbocycles. The van der Waals surface area contributed by atoms with Crippen molar-refractivity contribution in [1.29, 1.82) is 0 Å². The summed E-state index contributed by atoms with van der Waals surface area (Å²) in [6.45, 7) is 4.31. The van der Waals surface area contributed by atoms with Crippen LogP contribution in [0.5, 0.6) is 0 Å². The molecule has 2 atom stereocenters. The normalized spacial score (nSPS) is 14.7. The standard InChI is InChI=1S/C13H18BrN3O/c1-3-9(2)17-6-4-10(16-17)8-12(15)11-5-7-18-13(11)14/h4-7,9,12H,3,8,15H2,1-2H3. The summed E-state index contributed by atoms with van der Waals surface area (Å²) >= 11 is 3.35. The van der Waals surface area contributed by atoms with Gasteiger partial charge in [-0.1, -0.05) is 6.92 Å². The van der Waals surface area contributed by atoms with E-state index in [-0.39, 0.29) is 6.04 Å². The summed E-state index contributed by atoms with van der Waals surface area (Å²) < 4.78 is 7.89. The highest BCUT2D eigenvalue weighted by atomic mass is 79.9. The van der Waals surface area contributed by atoms with Crippen molar-refractivity contribution >= 4 is 15.9 Å². The average Bonchev–Trinajstić information content (AvgIpc) is 2.97. The predicted octanol–water partition coefficient (Wildman–Crippen LogP) is 3.45. The highest BCUT2D eigenvalue weighted by molar-refractivity contribution is 9.10. The van der Waals surface area contributed by atoms with Crippen LogP contribution in [-0.4, -0.2) is 9.78 Å². The van der Waals surface area contributed by atoms with Gasteiger partial charge in [0.15, 0.2) is 4.67 Å². The van der Waals surface area contributed by atoms with E-state index in [0.29, 0.717) is 17.1 Å². The molecule has 4 nitrogen and oxygen atoms in total. The monoisotopic (exact) mass is 311 g/mol. The number of furan rings is 1. The minimum absolute atomic E-state index is 0.0987. The maximum Gasteiger partial charge on any atom is 0.173 e. The summed E-state index contributed by atoms with van der Waals surface area (Å²) in [6, 6.07) is 4.24. The fourth-order valence-electron chi connectivity index (χ4n) is 1.82. The summed E-state index contributed by atoms with van der Waals surface area (Å²) in [4.78, 5) is 0. The molecule has 2 aromatic rings. The quantitative estimate of drug-likeness (QED) is 0.920. The minimum atomic E-state index is -0.0987. The summed E-state index contributed by atoms with van der Waals surface area (Å²) in [5, 5.41) is 4.55. The van der Waals surface area contributed by atoms with Gasteiger partial charge in [-0.15, -0.1) is 0 Å². The van der Waals surface area contributed by atoms with Gasteiger partial charge in [0, 0.05) is 30.3 Å². The zero-order valence-electron chi connectivity index (χ0n) is 10.6. The highest BCUT2D eigenvalue weighted by Gasteiger charge is 2.15. The number of nitrogens with zero attached hydrogens (tertiary/aromatic N) is 2. The fraction of sp³-hybridized carbons (Fsp3) is 0.462. The van der Waals surface area contributed by atoms with Crippen molar-refractivity contribution in [3.8, 4) is 0 Å². The molecule has 2 aromatic heterocycles. The lowest BCUT2D eigenvalue weighted by molar-refractivity contribution is 0.471. The third-order valence-electron chi connectivity index (χ3n) is 3.18. The Bertz CT molecular complexity index is 506. The molecule has 2 rings (SSSR count). The summed E-state index contributed by atoms with van der Waals surface area (Å²) in [5.41, 5.74) is 8.14. The molecular weight excluding hydrogens is 294 g/mol. The van der Waals surface area contributed by atoms with Gasteiger partial charge in [-0.3, -0.25) is 4.68 Å². The van der Waals surface area contributed by atoms with Crippen LogP contribution in [0.3, 0.4) is 0 Å². The average molecular weight is 312 g/mol. The van der Waals surface area contributed by atoms with E-state index in [0.717, 1.165) is 17.7 Å². The van der Waals surface area contributed by atoms with E-state index < -0.39 is 0 Å². The first-order valence-corrected chi connectivity index (χ1v) is 6.93. The molecule has 0 spiro atoms. The van der Waals surface area contributed by atoms with Crippen LogP contribution in [0.4, 0.5) is 0 Å². The van der Waals surface area contributed by atoms with Crippen LogP contribution >= 0.6 is 15.9 Å². The van der Waals surface area contributed by atoms with E-state index in [1.165, 1.54) is 0 Å². The second-order valence-corrected chi connectivity index (χ2v) is 5.22. The largest absolute Gasteiger partial charge is 0.457 e. The Kier molecular flexibility index (Phi) is 4.24. The number of rotatable bonds is 5. The topological polar surface area (TPSA) is 57.0 Å². The summed E-state index contributed by atoms with van der Waals surface area (Å²) in [7, 11) is 0. The molecule has 18 heavy (non-hydrogen) atoms. The van der Waals surface area contributed by atoms with Crippen molar-refractivity contribution in [1.82, 2.24) is 9.78 Å². The Morgan fingerprint density at radius 2 is 2.28 bits per heavy atom. The second-order valence-electron chi connectivity index (χ2n) is 4.50. The van der Waals surface area contributed by atoms with Crippen molar-refractivity contribution in [2.75, 3.05) is 0 Å². The molecule has 0 saturated heterocycles. The zero-order chi connectivity index (χ0) is 13.1.